The molecule has 0 spiro atoms. The lowest BCUT2D eigenvalue weighted by Gasteiger charge is -2.35. The average Bonchev–Trinajstić information content (AvgIpc) is 2.54. The van der Waals surface area contributed by atoms with Crippen molar-refractivity contribution in [1.29, 1.82) is 0 Å². The largest absolute Gasteiger partial charge is 0.481 e. The van der Waals surface area contributed by atoms with Crippen molar-refractivity contribution < 1.29 is 19.1 Å². The minimum Gasteiger partial charge on any atom is -0.481 e. The zero-order valence-corrected chi connectivity index (χ0v) is 14.0. The first-order chi connectivity index (χ1) is 11.4. The van der Waals surface area contributed by atoms with Gasteiger partial charge >= 0.3 is 12.0 Å². The number of carbonyl (C=O) groups is 2. The smallest absolute Gasteiger partial charge is 0.317 e. The lowest BCUT2D eigenvalue weighted by molar-refractivity contribution is -0.141. The molecule has 132 valence electrons. The summed E-state index contributed by atoms with van der Waals surface area (Å²) in [6.07, 6.45) is 1.75. The number of carbonyl (C=O) groups excluding carboxylic acids is 1. The predicted molar refractivity (Wildman–Crippen MR) is 89.6 cm³/mol. The van der Waals surface area contributed by atoms with Gasteiger partial charge in [-0.25, -0.2) is 9.18 Å². The molecule has 7 heteroatoms. The molecular formula is C17H24FN3O3. The monoisotopic (exact) mass is 337 g/mol. The Kier molecular flexibility index (Phi) is 6.00. The van der Waals surface area contributed by atoms with Crippen molar-refractivity contribution >= 4 is 17.7 Å². The molecule has 1 aromatic rings. The third-order valence-corrected chi connectivity index (χ3v) is 4.24. The summed E-state index contributed by atoms with van der Waals surface area (Å²) in [5, 5.41) is 11.9. The number of anilines is 1. The molecule has 2 rings (SSSR count). The fourth-order valence-corrected chi connectivity index (χ4v) is 2.86. The van der Waals surface area contributed by atoms with Gasteiger partial charge in [-0.3, -0.25) is 4.79 Å². The number of amides is 2. The molecule has 1 aliphatic rings. The van der Waals surface area contributed by atoms with Crippen LogP contribution in [0, 0.1) is 11.7 Å². The summed E-state index contributed by atoms with van der Waals surface area (Å²) >= 11 is 0. The van der Waals surface area contributed by atoms with Crippen LogP contribution in [-0.4, -0.2) is 54.7 Å². The summed E-state index contributed by atoms with van der Waals surface area (Å²) in [6, 6.07) is 6.10. The van der Waals surface area contributed by atoms with E-state index in [0.29, 0.717) is 6.54 Å². The highest BCUT2D eigenvalue weighted by atomic mass is 19.1. The highest BCUT2D eigenvalue weighted by molar-refractivity contribution is 5.76. The predicted octanol–water partition coefficient (Wildman–Crippen LogP) is 2.16. The number of halogens is 1. The summed E-state index contributed by atoms with van der Waals surface area (Å²) in [6.45, 7) is 3.15. The molecule has 0 aromatic heterocycles. The molecule has 24 heavy (non-hydrogen) atoms. The minimum atomic E-state index is -0.926. The fourth-order valence-electron chi connectivity index (χ4n) is 2.86. The van der Waals surface area contributed by atoms with Gasteiger partial charge in [-0.1, -0.05) is 13.0 Å². The molecule has 0 aliphatic carbocycles. The van der Waals surface area contributed by atoms with E-state index < -0.39 is 11.9 Å². The Bertz CT molecular complexity index is 596. The number of nitrogens with one attached hydrogen (secondary N) is 1. The van der Waals surface area contributed by atoms with Gasteiger partial charge in [0.05, 0.1) is 5.92 Å². The second-order valence-corrected chi connectivity index (χ2v) is 6.33. The van der Waals surface area contributed by atoms with Crippen molar-refractivity contribution in [3.05, 3.63) is 30.1 Å². The zero-order valence-electron chi connectivity index (χ0n) is 14.0. The number of benzene rings is 1. The number of urea groups is 1. The average molecular weight is 337 g/mol. The zero-order chi connectivity index (χ0) is 17.7. The number of carboxylic acid groups (broad SMARTS) is 1. The van der Waals surface area contributed by atoms with Crippen molar-refractivity contribution in [1.82, 2.24) is 10.2 Å². The van der Waals surface area contributed by atoms with Crippen molar-refractivity contribution in [2.24, 2.45) is 5.92 Å². The van der Waals surface area contributed by atoms with Crippen molar-refractivity contribution in [2.75, 3.05) is 31.6 Å². The van der Waals surface area contributed by atoms with Crippen LogP contribution in [0.4, 0.5) is 14.9 Å². The third-order valence-electron chi connectivity index (χ3n) is 4.24. The molecule has 1 aliphatic heterocycles. The van der Waals surface area contributed by atoms with Gasteiger partial charge in [-0.15, -0.1) is 0 Å². The molecule has 1 heterocycles. The Labute approximate surface area is 141 Å². The van der Waals surface area contributed by atoms with Gasteiger partial charge < -0.3 is 20.2 Å². The molecule has 2 amide bonds. The molecular weight excluding hydrogens is 313 g/mol. The van der Waals surface area contributed by atoms with Crippen molar-refractivity contribution in [2.45, 2.75) is 25.8 Å². The topological polar surface area (TPSA) is 72.9 Å². The molecule has 6 nitrogen and oxygen atoms in total. The van der Waals surface area contributed by atoms with Crippen LogP contribution < -0.4 is 10.2 Å². The minimum absolute atomic E-state index is 0.0444. The van der Waals surface area contributed by atoms with Crippen molar-refractivity contribution in [3.8, 4) is 0 Å². The van der Waals surface area contributed by atoms with Crippen molar-refractivity contribution in [3.63, 3.8) is 0 Å². The van der Waals surface area contributed by atoms with Gasteiger partial charge in [0.1, 0.15) is 5.82 Å². The van der Waals surface area contributed by atoms with Crippen LogP contribution in [0.5, 0.6) is 0 Å². The Hall–Kier alpha value is -2.31. The van der Waals surface area contributed by atoms with Crippen LogP contribution in [0.15, 0.2) is 24.3 Å². The highest BCUT2D eigenvalue weighted by Gasteiger charge is 2.24. The number of rotatable bonds is 5. The molecule has 0 bridgehead atoms. The van der Waals surface area contributed by atoms with Crippen LogP contribution in [0.25, 0.3) is 0 Å². The first-order valence-corrected chi connectivity index (χ1v) is 8.11. The first-order valence-electron chi connectivity index (χ1n) is 8.11. The Morgan fingerprint density at radius 1 is 1.50 bits per heavy atom. The summed E-state index contributed by atoms with van der Waals surface area (Å²) in [7, 11) is 1.59. The summed E-state index contributed by atoms with van der Waals surface area (Å²) < 4.78 is 13.4. The van der Waals surface area contributed by atoms with Gasteiger partial charge in [-0.05, 0) is 31.0 Å². The van der Waals surface area contributed by atoms with E-state index in [1.807, 2.05) is 6.07 Å². The van der Waals surface area contributed by atoms with Gasteiger partial charge in [0.25, 0.3) is 0 Å². The third kappa shape index (κ3) is 4.84. The first kappa shape index (κ1) is 18.0. The van der Waals surface area contributed by atoms with Gasteiger partial charge in [0, 0.05) is 38.4 Å². The quantitative estimate of drug-likeness (QED) is 0.864. The standard InChI is InChI=1S/C17H24FN3O3/c1-12(16(22)23)10-20(2)17(24)19-14-6-4-8-21(11-14)15-7-3-5-13(18)9-15/h3,5,7,9,12,14H,4,6,8,10-11H2,1-2H3,(H,19,24)(H,22,23). The normalized spacial score (nSPS) is 18.8. The van der Waals surface area contributed by atoms with Gasteiger partial charge in [0.2, 0.25) is 0 Å². The van der Waals surface area contributed by atoms with Crippen LogP contribution >= 0.6 is 0 Å². The molecule has 2 N–H and O–H groups in total. The maximum absolute atomic E-state index is 13.4. The lowest BCUT2D eigenvalue weighted by Crippen LogP contribution is -2.51. The molecule has 1 saturated heterocycles. The maximum Gasteiger partial charge on any atom is 0.317 e. The number of aliphatic carboxylic acids is 1. The van der Waals surface area contributed by atoms with E-state index in [1.165, 1.54) is 17.0 Å². The van der Waals surface area contributed by atoms with Gasteiger partial charge in [-0.2, -0.15) is 0 Å². The maximum atomic E-state index is 13.4. The number of piperidine rings is 1. The van der Waals surface area contributed by atoms with Crippen LogP contribution in [0.3, 0.4) is 0 Å². The number of nitrogens with zero attached hydrogens (tertiary/aromatic N) is 2. The molecule has 1 aromatic carbocycles. The second kappa shape index (κ2) is 7.99. The summed E-state index contributed by atoms with van der Waals surface area (Å²) in [4.78, 5) is 26.5. The van der Waals surface area contributed by atoms with Crippen LogP contribution in [0.2, 0.25) is 0 Å². The SMILES string of the molecule is CC(CN(C)C(=O)NC1CCCN(c2cccc(F)c2)C1)C(=O)O. The number of carboxylic acids is 1. The molecule has 2 atom stereocenters. The Balaban J connectivity index is 1.90. The van der Waals surface area contributed by atoms with E-state index in [0.717, 1.165) is 25.1 Å². The van der Waals surface area contributed by atoms with E-state index in [4.69, 9.17) is 5.11 Å². The Morgan fingerprint density at radius 3 is 2.92 bits per heavy atom. The lowest BCUT2D eigenvalue weighted by atomic mass is 10.0. The second-order valence-electron chi connectivity index (χ2n) is 6.33. The number of hydrogen-bond donors (Lipinski definition) is 2. The van der Waals surface area contributed by atoms with E-state index >= 15 is 0 Å². The van der Waals surface area contributed by atoms with Crippen LogP contribution in [-0.2, 0) is 4.79 Å². The highest BCUT2D eigenvalue weighted by Crippen LogP contribution is 2.20. The van der Waals surface area contributed by atoms with E-state index in [-0.39, 0.29) is 24.4 Å². The number of hydrogen-bond acceptors (Lipinski definition) is 3. The van der Waals surface area contributed by atoms with E-state index in [2.05, 4.69) is 10.2 Å². The van der Waals surface area contributed by atoms with Gasteiger partial charge in [0.15, 0.2) is 0 Å². The molecule has 0 radical (unpaired) electrons. The molecule has 0 saturated carbocycles. The fraction of sp³-hybridized carbons (Fsp3) is 0.529. The Morgan fingerprint density at radius 2 is 2.25 bits per heavy atom. The summed E-state index contributed by atoms with van der Waals surface area (Å²) in [5.41, 5.74) is 0.807. The van der Waals surface area contributed by atoms with E-state index in [1.54, 1.807) is 20.0 Å². The summed E-state index contributed by atoms with van der Waals surface area (Å²) in [5.74, 6) is -1.82. The van der Waals surface area contributed by atoms with E-state index in [9.17, 15) is 14.0 Å². The molecule has 1 fully saturated rings. The molecule has 2 unspecified atom stereocenters. The van der Waals surface area contributed by atoms with Crippen LogP contribution in [0.1, 0.15) is 19.8 Å².